The Kier molecular flexibility index (Phi) is 8.30. The van der Waals surface area contributed by atoms with Gasteiger partial charge in [0.15, 0.2) is 0 Å². The SMILES string of the molecule is O=c1c2cc(Br)ccc2nc(C2CCCCC2)n1N=Cc1cc(Cl)cc([N+](=O)[O-])c1OCc1ccc(Cl)cc1. The van der Waals surface area contributed by atoms with E-state index in [2.05, 4.69) is 21.0 Å². The van der Waals surface area contributed by atoms with Crippen molar-refractivity contribution in [3.63, 3.8) is 0 Å². The second-order valence-electron chi connectivity index (χ2n) is 9.34. The molecule has 1 fully saturated rings. The zero-order chi connectivity index (χ0) is 27.5. The van der Waals surface area contributed by atoms with Gasteiger partial charge in [-0.1, -0.05) is 70.5 Å². The van der Waals surface area contributed by atoms with Gasteiger partial charge in [-0.2, -0.15) is 9.78 Å². The highest BCUT2D eigenvalue weighted by molar-refractivity contribution is 9.10. The van der Waals surface area contributed by atoms with Crippen molar-refractivity contribution in [3.8, 4) is 5.75 Å². The third kappa shape index (κ3) is 6.16. The predicted octanol–water partition coefficient (Wildman–Crippen LogP) is 7.88. The summed E-state index contributed by atoms with van der Waals surface area (Å²) in [4.78, 5) is 29.8. The van der Waals surface area contributed by atoms with E-state index in [1.165, 1.54) is 23.0 Å². The number of benzene rings is 3. The predicted molar refractivity (Wildman–Crippen MR) is 156 cm³/mol. The Labute approximate surface area is 242 Å². The van der Waals surface area contributed by atoms with Crippen molar-refractivity contribution in [2.75, 3.05) is 0 Å². The monoisotopic (exact) mass is 628 g/mol. The van der Waals surface area contributed by atoms with Crippen LogP contribution in [0, 0.1) is 10.1 Å². The highest BCUT2D eigenvalue weighted by Gasteiger charge is 2.24. The van der Waals surface area contributed by atoms with Gasteiger partial charge in [0, 0.05) is 32.1 Å². The molecule has 0 radical (unpaired) electrons. The van der Waals surface area contributed by atoms with Gasteiger partial charge >= 0.3 is 5.69 Å². The number of halogens is 3. The highest BCUT2D eigenvalue weighted by atomic mass is 79.9. The fourth-order valence-electron chi connectivity index (χ4n) is 4.75. The molecule has 0 saturated heterocycles. The second-order valence-corrected chi connectivity index (χ2v) is 11.1. The van der Waals surface area contributed by atoms with Gasteiger partial charge in [0.25, 0.3) is 5.56 Å². The zero-order valence-corrected chi connectivity index (χ0v) is 23.7. The van der Waals surface area contributed by atoms with Gasteiger partial charge in [-0.15, -0.1) is 0 Å². The van der Waals surface area contributed by atoms with E-state index in [0.717, 1.165) is 42.1 Å². The largest absolute Gasteiger partial charge is 0.481 e. The molecule has 1 heterocycles. The van der Waals surface area contributed by atoms with Gasteiger partial charge in [-0.25, -0.2) is 4.98 Å². The Bertz CT molecular complexity index is 1630. The van der Waals surface area contributed by atoms with E-state index in [0.29, 0.717) is 21.7 Å². The van der Waals surface area contributed by atoms with E-state index in [-0.39, 0.29) is 40.1 Å². The van der Waals surface area contributed by atoms with Crippen LogP contribution in [0.15, 0.2) is 69.0 Å². The van der Waals surface area contributed by atoms with Crippen molar-refractivity contribution in [1.82, 2.24) is 9.66 Å². The minimum Gasteiger partial charge on any atom is -0.481 e. The summed E-state index contributed by atoms with van der Waals surface area (Å²) >= 11 is 15.6. The van der Waals surface area contributed by atoms with Crippen molar-refractivity contribution in [1.29, 1.82) is 0 Å². The molecule has 0 atom stereocenters. The molecular weight excluding hydrogens is 607 g/mol. The van der Waals surface area contributed by atoms with Crippen LogP contribution in [0.5, 0.6) is 5.75 Å². The van der Waals surface area contributed by atoms with E-state index in [4.69, 9.17) is 32.9 Å². The number of rotatable bonds is 7. The van der Waals surface area contributed by atoms with Gasteiger partial charge in [0.2, 0.25) is 5.75 Å². The van der Waals surface area contributed by atoms with Crippen LogP contribution in [0.3, 0.4) is 0 Å². The van der Waals surface area contributed by atoms with Crippen LogP contribution in [0.1, 0.15) is 55.0 Å². The maximum atomic E-state index is 13.6. The van der Waals surface area contributed by atoms with Gasteiger partial charge in [0.1, 0.15) is 12.4 Å². The first-order valence-corrected chi connectivity index (χ1v) is 14.0. The molecule has 11 heteroatoms. The first-order chi connectivity index (χ1) is 18.8. The molecule has 0 aliphatic heterocycles. The van der Waals surface area contributed by atoms with Crippen molar-refractivity contribution in [2.45, 2.75) is 44.6 Å². The molecule has 1 aromatic heterocycles. The standard InChI is InChI=1S/C28H23BrCl2N4O4/c29-20-8-11-24-23(13-20)28(36)34(27(33-24)18-4-2-1-3-5-18)32-15-19-12-22(31)14-25(35(37)38)26(19)39-16-17-6-9-21(30)10-7-17/h6-15,18H,1-5,16H2. The molecule has 0 spiro atoms. The molecule has 39 heavy (non-hydrogen) atoms. The minimum atomic E-state index is -0.560. The van der Waals surface area contributed by atoms with Gasteiger partial charge in [-0.05, 0) is 54.8 Å². The molecule has 0 bridgehead atoms. The third-order valence-electron chi connectivity index (χ3n) is 6.67. The van der Waals surface area contributed by atoms with Crippen molar-refractivity contribution < 1.29 is 9.66 Å². The van der Waals surface area contributed by atoms with Crippen molar-refractivity contribution in [3.05, 3.63) is 107 Å². The van der Waals surface area contributed by atoms with Crippen LogP contribution in [0.4, 0.5) is 5.69 Å². The minimum absolute atomic E-state index is 0.00754. The summed E-state index contributed by atoms with van der Waals surface area (Å²) in [6.07, 6.45) is 6.42. The summed E-state index contributed by atoms with van der Waals surface area (Å²) < 4.78 is 7.97. The number of nitro benzene ring substituents is 1. The Morgan fingerprint density at radius 3 is 2.54 bits per heavy atom. The van der Waals surface area contributed by atoms with Gasteiger partial charge in [-0.3, -0.25) is 14.9 Å². The second kappa shape index (κ2) is 11.9. The molecule has 1 aliphatic rings. The maximum absolute atomic E-state index is 13.6. The molecule has 0 unspecified atom stereocenters. The topological polar surface area (TPSA) is 99.6 Å². The highest BCUT2D eigenvalue weighted by Crippen LogP contribution is 2.35. The first-order valence-electron chi connectivity index (χ1n) is 12.4. The molecule has 5 rings (SSSR count). The molecule has 200 valence electrons. The zero-order valence-electron chi connectivity index (χ0n) is 20.6. The van der Waals surface area contributed by atoms with Gasteiger partial charge in [0.05, 0.1) is 22.0 Å². The van der Waals surface area contributed by atoms with Crippen molar-refractivity contribution in [2.24, 2.45) is 5.10 Å². The number of ether oxygens (including phenoxy) is 1. The van der Waals surface area contributed by atoms with Gasteiger partial charge < -0.3 is 4.74 Å². The number of fused-ring (bicyclic) bond motifs is 1. The lowest BCUT2D eigenvalue weighted by atomic mass is 9.88. The first kappa shape index (κ1) is 27.3. The molecular formula is C28H23BrCl2N4O4. The van der Waals surface area contributed by atoms with E-state index in [1.807, 2.05) is 12.1 Å². The Morgan fingerprint density at radius 2 is 1.82 bits per heavy atom. The Balaban J connectivity index is 1.61. The normalized spacial score (nSPS) is 14.2. The fraction of sp³-hybridized carbons (Fsp3) is 0.250. The quantitative estimate of drug-likeness (QED) is 0.118. The molecule has 8 nitrogen and oxygen atoms in total. The summed E-state index contributed by atoms with van der Waals surface area (Å²) in [7, 11) is 0. The summed E-state index contributed by atoms with van der Waals surface area (Å²) in [6, 6.07) is 15.1. The maximum Gasteiger partial charge on any atom is 0.313 e. The number of aromatic nitrogens is 2. The summed E-state index contributed by atoms with van der Waals surface area (Å²) in [5.74, 6) is 0.642. The molecule has 1 saturated carbocycles. The van der Waals surface area contributed by atoms with Crippen LogP contribution in [0.2, 0.25) is 10.0 Å². The van der Waals surface area contributed by atoms with Crippen molar-refractivity contribution >= 4 is 61.9 Å². The lowest BCUT2D eigenvalue weighted by molar-refractivity contribution is -0.385. The Hall–Kier alpha value is -3.27. The van der Waals surface area contributed by atoms with E-state index in [9.17, 15) is 14.9 Å². The molecule has 0 N–H and O–H groups in total. The number of nitro groups is 1. The number of hydrogen-bond acceptors (Lipinski definition) is 6. The third-order valence-corrected chi connectivity index (χ3v) is 7.64. The van der Waals surface area contributed by atoms with Crippen LogP contribution in [0.25, 0.3) is 10.9 Å². The average molecular weight is 630 g/mol. The average Bonchev–Trinajstić information content (AvgIpc) is 2.93. The molecule has 3 aromatic carbocycles. The lowest BCUT2D eigenvalue weighted by Gasteiger charge is -2.22. The van der Waals surface area contributed by atoms with Crippen LogP contribution >= 0.6 is 39.1 Å². The summed E-state index contributed by atoms with van der Waals surface area (Å²) in [6.45, 7) is 0.0549. The smallest absolute Gasteiger partial charge is 0.313 e. The summed E-state index contributed by atoms with van der Waals surface area (Å²) in [5, 5.41) is 17.5. The molecule has 1 aliphatic carbocycles. The lowest BCUT2D eigenvalue weighted by Crippen LogP contribution is -2.25. The van der Waals surface area contributed by atoms with Crippen LogP contribution in [-0.4, -0.2) is 20.8 Å². The van der Waals surface area contributed by atoms with E-state index in [1.54, 1.807) is 30.3 Å². The summed E-state index contributed by atoms with van der Waals surface area (Å²) in [5.41, 5.74) is 1.00. The van der Waals surface area contributed by atoms with Crippen LogP contribution < -0.4 is 10.3 Å². The van der Waals surface area contributed by atoms with E-state index >= 15 is 0 Å². The Morgan fingerprint density at radius 1 is 1.08 bits per heavy atom. The number of nitrogens with zero attached hydrogens (tertiary/aromatic N) is 4. The molecule has 0 amide bonds. The van der Waals surface area contributed by atoms with Crippen LogP contribution in [-0.2, 0) is 6.61 Å². The molecule has 4 aromatic rings. The fourth-order valence-corrected chi connectivity index (χ4v) is 5.46. The van der Waals surface area contributed by atoms with E-state index < -0.39 is 4.92 Å². The number of hydrogen-bond donors (Lipinski definition) is 0.